The van der Waals surface area contributed by atoms with Crippen molar-refractivity contribution in [1.29, 1.82) is 0 Å². The highest BCUT2D eigenvalue weighted by Gasteiger charge is 2.57. The second-order valence-corrected chi connectivity index (χ2v) is 5.71. The normalized spacial score (nSPS) is 38.9. The van der Waals surface area contributed by atoms with Gasteiger partial charge >= 0.3 is 6.03 Å². The highest BCUT2D eigenvalue weighted by molar-refractivity contribution is 6.06. The van der Waals surface area contributed by atoms with E-state index < -0.39 is 0 Å². The summed E-state index contributed by atoms with van der Waals surface area (Å²) in [6.07, 6.45) is 2.00. The minimum atomic E-state index is -0.319. The van der Waals surface area contributed by atoms with Crippen molar-refractivity contribution in [2.75, 3.05) is 7.05 Å². The number of aliphatic imine (C=N–C) groups is 1. The van der Waals surface area contributed by atoms with Crippen molar-refractivity contribution in [3.05, 3.63) is 0 Å². The van der Waals surface area contributed by atoms with Crippen LogP contribution in [-0.2, 0) is 0 Å². The topological polar surface area (TPSA) is 58.7 Å². The number of carbonyl (C=O) groups excluding carboxylic acids is 1. The van der Waals surface area contributed by atoms with Gasteiger partial charge in [-0.2, -0.15) is 4.99 Å². The average molecular weight is 209 g/mol. The van der Waals surface area contributed by atoms with Crippen molar-refractivity contribution < 1.29 is 4.79 Å². The van der Waals surface area contributed by atoms with Gasteiger partial charge in [0.25, 0.3) is 0 Å². The molecule has 1 aliphatic heterocycles. The Morgan fingerprint density at radius 2 is 2.13 bits per heavy atom. The maximum absolute atomic E-state index is 11.6. The van der Waals surface area contributed by atoms with E-state index in [9.17, 15) is 4.79 Å². The molecule has 2 atom stereocenters. The van der Waals surface area contributed by atoms with Gasteiger partial charge in [-0.05, 0) is 24.2 Å². The summed E-state index contributed by atoms with van der Waals surface area (Å²) in [6.45, 7) is 6.61. The van der Waals surface area contributed by atoms with Gasteiger partial charge in [0.05, 0.1) is 0 Å². The van der Waals surface area contributed by atoms with Crippen molar-refractivity contribution >= 4 is 11.9 Å². The molecule has 4 heteroatoms. The van der Waals surface area contributed by atoms with Crippen molar-refractivity contribution in [1.82, 2.24) is 4.90 Å². The number of hydrogen-bond donors (Lipinski definition) is 1. The number of nitrogens with two attached hydrogens (primary N) is 1. The summed E-state index contributed by atoms with van der Waals surface area (Å²) in [5.41, 5.74) is 5.87. The minimum absolute atomic E-state index is 0.197. The highest BCUT2D eigenvalue weighted by atomic mass is 16.2. The van der Waals surface area contributed by atoms with Gasteiger partial charge in [0, 0.05) is 7.05 Å². The zero-order valence-electron chi connectivity index (χ0n) is 9.87. The summed E-state index contributed by atoms with van der Waals surface area (Å²) in [7, 11) is 1.81. The fourth-order valence-corrected chi connectivity index (χ4v) is 3.38. The Bertz CT molecular complexity index is 348. The van der Waals surface area contributed by atoms with Crippen LogP contribution in [0.4, 0.5) is 4.79 Å². The molecule has 2 rings (SSSR count). The maximum atomic E-state index is 11.6. The monoisotopic (exact) mass is 209 g/mol. The van der Waals surface area contributed by atoms with E-state index in [1.807, 2.05) is 7.05 Å². The zero-order valence-corrected chi connectivity index (χ0v) is 9.87. The lowest BCUT2D eigenvalue weighted by Gasteiger charge is -2.36. The van der Waals surface area contributed by atoms with Crippen LogP contribution in [0.2, 0.25) is 0 Å². The van der Waals surface area contributed by atoms with Crippen LogP contribution in [0.25, 0.3) is 0 Å². The molecule has 2 amide bonds. The maximum Gasteiger partial charge on any atom is 0.345 e. The molecule has 2 aliphatic rings. The molecule has 1 aliphatic carbocycles. The van der Waals surface area contributed by atoms with Crippen LogP contribution in [0.15, 0.2) is 4.99 Å². The predicted octanol–water partition coefficient (Wildman–Crippen LogP) is 1.60. The molecule has 0 saturated heterocycles. The average Bonchev–Trinajstić information content (AvgIpc) is 2.44. The summed E-state index contributed by atoms with van der Waals surface area (Å²) in [5, 5.41) is 0. The summed E-state index contributed by atoms with van der Waals surface area (Å²) in [5.74, 6) is 0.890. The third-order valence-corrected chi connectivity index (χ3v) is 3.97. The Hall–Kier alpha value is -1.06. The van der Waals surface area contributed by atoms with Crippen LogP contribution in [0, 0.1) is 11.3 Å². The van der Waals surface area contributed by atoms with Gasteiger partial charge in [0.2, 0.25) is 0 Å². The van der Waals surface area contributed by atoms with Crippen LogP contribution in [-0.4, -0.2) is 29.4 Å². The molecule has 1 fully saturated rings. The molecule has 4 nitrogen and oxygen atoms in total. The van der Waals surface area contributed by atoms with E-state index in [0.717, 1.165) is 12.8 Å². The molecular weight excluding hydrogens is 190 g/mol. The predicted molar refractivity (Wildman–Crippen MR) is 59.7 cm³/mol. The lowest BCUT2D eigenvalue weighted by molar-refractivity contribution is 0.169. The Morgan fingerprint density at radius 1 is 1.53 bits per heavy atom. The number of rotatable bonds is 0. The third kappa shape index (κ3) is 1.20. The van der Waals surface area contributed by atoms with Crippen molar-refractivity contribution in [2.45, 2.75) is 39.2 Å². The number of urea groups is 1. The molecule has 0 aromatic rings. The van der Waals surface area contributed by atoms with Crippen LogP contribution in [0.3, 0.4) is 0 Å². The van der Waals surface area contributed by atoms with Crippen molar-refractivity contribution in [3.8, 4) is 0 Å². The Kier molecular flexibility index (Phi) is 1.91. The van der Waals surface area contributed by atoms with Gasteiger partial charge < -0.3 is 10.6 Å². The molecule has 84 valence electrons. The Balaban J connectivity index is 2.44. The van der Waals surface area contributed by atoms with E-state index in [2.05, 4.69) is 25.8 Å². The molecule has 2 N–H and O–H groups in total. The quantitative estimate of drug-likeness (QED) is 0.658. The number of amides is 2. The highest BCUT2D eigenvalue weighted by Crippen LogP contribution is 2.51. The molecule has 2 unspecified atom stereocenters. The molecule has 0 radical (unpaired) electrons. The fraction of sp³-hybridized carbons (Fsp3) is 0.818. The molecule has 15 heavy (non-hydrogen) atoms. The van der Waals surface area contributed by atoms with Crippen LogP contribution in [0.5, 0.6) is 0 Å². The smallest absolute Gasteiger partial charge is 0.345 e. The number of amidine groups is 1. The Morgan fingerprint density at radius 3 is 2.47 bits per heavy atom. The van der Waals surface area contributed by atoms with Crippen molar-refractivity contribution in [2.24, 2.45) is 22.1 Å². The number of hydrogen-bond acceptors (Lipinski definition) is 2. The van der Waals surface area contributed by atoms with Gasteiger partial charge in [0.15, 0.2) is 0 Å². The molecule has 1 heterocycles. The third-order valence-electron chi connectivity index (χ3n) is 3.97. The summed E-state index contributed by atoms with van der Waals surface area (Å²) in [4.78, 5) is 17.2. The lowest BCUT2D eigenvalue weighted by atomic mass is 9.85. The van der Waals surface area contributed by atoms with Gasteiger partial charge in [0.1, 0.15) is 11.4 Å². The molecule has 0 aromatic carbocycles. The molecular formula is C11H19N3O. The van der Waals surface area contributed by atoms with Crippen LogP contribution in [0.1, 0.15) is 33.6 Å². The van der Waals surface area contributed by atoms with Gasteiger partial charge in [-0.3, -0.25) is 0 Å². The molecule has 0 bridgehead atoms. The molecule has 1 saturated carbocycles. The first-order valence-corrected chi connectivity index (χ1v) is 5.42. The molecule has 0 aromatic heterocycles. The molecule has 1 spiro atoms. The number of carbonyl (C=O) groups is 1. The second kappa shape index (κ2) is 2.74. The van der Waals surface area contributed by atoms with E-state index in [1.54, 1.807) is 4.90 Å². The minimum Gasteiger partial charge on any atom is -0.385 e. The SMILES string of the molecule is CC1CC(C)(C)CC12C(N)=NC(=O)N2C. The Labute approximate surface area is 90.5 Å². The van der Waals surface area contributed by atoms with E-state index in [1.165, 1.54) is 0 Å². The largest absolute Gasteiger partial charge is 0.385 e. The summed E-state index contributed by atoms with van der Waals surface area (Å²) >= 11 is 0. The standard InChI is InChI=1S/C11H19N3O/c1-7-5-10(2,3)6-11(7)8(12)13-9(15)14(11)4/h7H,5-6H2,1-4H3,(H2,12,13,15). The first kappa shape index (κ1) is 10.5. The lowest BCUT2D eigenvalue weighted by Crippen LogP contribution is -2.54. The van der Waals surface area contributed by atoms with Gasteiger partial charge in [-0.15, -0.1) is 0 Å². The van der Waals surface area contributed by atoms with Crippen molar-refractivity contribution in [3.63, 3.8) is 0 Å². The van der Waals surface area contributed by atoms with Crippen LogP contribution >= 0.6 is 0 Å². The summed E-state index contributed by atoms with van der Waals surface area (Å²) < 4.78 is 0. The zero-order chi connectivity index (χ0) is 11.4. The first-order chi connectivity index (χ1) is 6.79. The first-order valence-electron chi connectivity index (χ1n) is 5.42. The van der Waals surface area contributed by atoms with Gasteiger partial charge in [-0.25, -0.2) is 4.79 Å². The second-order valence-electron chi connectivity index (χ2n) is 5.71. The van der Waals surface area contributed by atoms with E-state index in [4.69, 9.17) is 5.73 Å². The number of likely N-dealkylation sites (N-methyl/N-ethyl adjacent to an activating group) is 1. The van der Waals surface area contributed by atoms with Crippen LogP contribution < -0.4 is 5.73 Å². The fourth-order valence-electron chi connectivity index (χ4n) is 3.38. The summed E-state index contributed by atoms with van der Waals surface area (Å²) in [6, 6.07) is -0.197. The number of nitrogens with zero attached hydrogens (tertiary/aromatic N) is 2. The van der Waals surface area contributed by atoms with E-state index in [-0.39, 0.29) is 17.0 Å². The van der Waals surface area contributed by atoms with E-state index in [0.29, 0.717) is 11.8 Å². The van der Waals surface area contributed by atoms with E-state index >= 15 is 0 Å². The van der Waals surface area contributed by atoms with Gasteiger partial charge in [-0.1, -0.05) is 20.8 Å².